The van der Waals surface area contributed by atoms with E-state index >= 15 is 0 Å². The van der Waals surface area contributed by atoms with E-state index in [9.17, 15) is 4.79 Å². The molecule has 0 aromatic carbocycles. The lowest BCUT2D eigenvalue weighted by Crippen LogP contribution is -1.91. The Hall–Kier alpha value is -0.680. The van der Waals surface area contributed by atoms with Crippen molar-refractivity contribution in [3.8, 4) is 0 Å². The molecule has 0 bridgehead atoms. The van der Waals surface area contributed by atoms with Crippen LogP contribution in [-0.2, 0) is 0 Å². The maximum Gasteiger partial charge on any atom is 0.228 e. The summed E-state index contributed by atoms with van der Waals surface area (Å²) in [5, 5.41) is 4.06. The van der Waals surface area contributed by atoms with Gasteiger partial charge in [-0.1, -0.05) is 0 Å². The molecule has 0 saturated heterocycles. The van der Waals surface area contributed by atoms with Crippen LogP contribution in [0.15, 0.2) is 29.0 Å². The number of aromatic nitrogens is 2. The maximum absolute atomic E-state index is 11.0. The van der Waals surface area contributed by atoms with Gasteiger partial charge in [-0.2, -0.15) is 5.10 Å². The zero-order valence-corrected chi connectivity index (χ0v) is 9.54. The fraction of sp³-hybridized carbons (Fsp3) is 0. The van der Waals surface area contributed by atoms with E-state index < -0.39 is 0 Å². The maximum atomic E-state index is 11.0. The molecule has 0 aliphatic rings. The molecule has 2 aromatic heterocycles. The first kappa shape index (κ1) is 8.90. The van der Waals surface area contributed by atoms with Gasteiger partial charge in [0.05, 0.1) is 16.2 Å². The Kier molecular flexibility index (Phi) is 2.21. The Morgan fingerprint density at radius 3 is 3.00 bits per heavy atom. The first-order chi connectivity index (χ1) is 6.18. The quantitative estimate of drug-likeness (QED) is 0.759. The molecule has 0 spiro atoms. The Bertz CT molecular complexity index is 478. The van der Waals surface area contributed by atoms with E-state index in [2.05, 4.69) is 37.0 Å². The second-order valence-electron chi connectivity index (χ2n) is 2.51. The molecule has 0 fully saturated rings. The van der Waals surface area contributed by atoms with Crippen LogP contribution in [0.5, 0.6) is 0 Å². The molecule has 2 aromatic rings. The number of nitrogens with zero attached hydrogens (tertiary/aromatic N) is 2. The first-order valence-corrected chi connectivity index (χ1v) is 5.10. The summed E-state index contributed by atoms with van der Waals surface area (Å²) in [7, 11) is 0. The number of hydrogen-bond donors (Lipinski definition) is 0. The lowest BCUT2D eigenvalue weighted by molar-refractivity contribution is 0.109. The fourth-order valence-corrected chi connectivity index (χ4v) is 1.71. The summed E-state index contributed by atoms with van der Waals surface area (Å²) < 4.78 is 2.45. The fourth-order valence-electron chi connectivity index (χ4n) is 1.07. The van der Waals surface area contributed by atoms with Crippen LogP contribution in [0, 0.1) is 0 Å². The Labute approximate surface area is 91.0 Å². The molecule has 0 N–H and O–H groups in total. The Balaban J connectivity index is 2.72. The molecule has 2 heterocycles. The lowest BCUT2D eigenvalue weighted by Gasteiger charge is -1.95. The van der Waals surface area contributed by atoms with Gasteiger partial charge in [0.2, 0.25) is 4.69 Å². The third kappa shape index (κ3) is 1.53. The van der Waals surface area contributed by atoms with Gasteiger partial charge in [0.1, 0.15) is 0 Å². The van der Waals surface area contributed by atoms with E-state index in [1.54, 1.807) is 29.0 Å². The standard InChI is InChI=1S/C8H4Br2N2O/c9-6-4-11-12-2-1-5(8(10)13)3-7(6)12/h1-4H. The third-order valence-electron chi connectivity index (χ3n) is 1.70. The van der Waals surface area contributed by atoms with E-state index in [0.29, 0.717) is 5.56 Å². The summed E-state index contributed by atoms with van der Waals surface area (Å²) in [6.07, 6.45) is 3.44. The summed E-state index contributed by atoms with van der Waals surface area (Å²) in [4.78, 5) is 11.0. The smallest absolute Gasteiger partial charge is 0.228 e. The summed E-state index contributed by atoms with van der Waals surface area (Å²) >= 11 is 6.24. The van der Waals surface area contributed by atoms with Gasteiger partial charge in [0.25, 0.3) is 0 Å². The summed E-state index contributed by atoms with van der Waals surface area (Å²) in [5.74, 6) is 0. The van der Waals surface area contributed by atoms with Gasteiger partial charge in [0.15, 0.2) is 0 Å². The van der Waals surface area contributed by atoms with Crippen molar-refractivity contribution in [2.75, 3.05) is 0 Å². The molecule has 0 aliphatic carbocycles. The van der Waals surface area contributed by atoms with Gasteiger partial charge >= 0.3 is 0 Å². The highest BCUT2D eigenvalue weighted by molar-refractivity contribution is 9.18. The van der Waals surface area contributed by atoms with E-state index in [0.717, 1.165) is 9.99 Å². The van der Waals surface area contributed by atoms with Crippen molar-refractivity contribution >= 4 is 42.1 Å². The SMILES string of the molecule is O=C(Br)c1ccn2ncc(Br)c2c1. The summed E-state index contributed by atoms with van der Waals surface area (Å²) in [5.41, 5.74) is 1.50. The van der Waals surface area contributed by atoms with E-state index in [1.807, 2.05) is 0 Å². The van der Waals surface area contributed by atoms with Crippen LogP contribution in [0.2, 0.25) is 0 Å². The third-order valence-corrected chi connectivity index (χ3v) is 2.77. The van der Waals surface area contributed by atoms with Gasteiger partial charge in [-0.05, 0) is 44.0 Å². The molecule has 0 radical (unpaired) electrons. The van der Waals surface area contributed by atoms with Crippen LogP contribution in [0.4, 0.5) is 0 Å². The van der Waals surface area contributed by atoms with Crippen LogP contribution < -0.4 is 0 Å². The normalized spacial score (nSPS) is 10.6. The number of hydrogen-bond acceptors (Lipinski definition) is 2. The second kappa shape index (κ2) is 3.23. The minimum Gasteiger partial charge on any atom is -0.281 e. The molecular formula is C8H4Br2N2O. The molecule has 13 heavy (non-hydrogen) atoms. The van der Waals surface area contributed by atoms with Crippen molar-refractivity contribution in [1.29, 1.82) is 0 Å². The van der Waals surface area contributed by atoms with E-state index in [-0.39, 0.29) is 4.69 Å². The van der Waals surface area contributed by atoms with E-state index in [4.69, 9.17) is 0 Å². The molecule has 0 saturated carbocycles. The highest BCUT2D eigenvalue weighted by Crippen LogP contribution is 2.19. The monoisotopic (exact) mass is 302 g/mol. The molecule has 3 nitrogen and oxygen atoms in total. The van der Waals surface area contributed by atoms with Gasteiger partial charge in [-0.3, -0.25) is 4.79 Å². The molecule has 66 valence electrons. The predicted octanol–water partition coefficient (Wildman–Crippen LogP) is 2.63. The number of rotatable bonds is 1. The van der Waals surface area contributed by atoms with Crippen LogP contribution >= 0.6 is 31.9 Å². The van der Waals surface area contributed by atoms with Crippen molar-refractivity contribution in [1.82, 2.24) is 9.61 Å². The molecule has 0 unspecified atom stereocenters. The minimum atomic E-state index is -0.122. The van der Waals surface area contributed by atoms with Gasteiger partial charge in [-0.15, -0.1) is 0 Å². The van der Waals surface area contributed by atoms with Crippen LogP contribution in [0.1, 0.15) is 10.4 Å². The minimum absolute atomic E-state index is 0.122. The Morgan fingerprint density at radius 2 is 2.31 bits per heavy atom. The molecule has 0 atom stereocenters. The highest BCUT2D eigenvalue weighted by Gasteiger charge is 2.05. The number of fused-ring (bicyclic) bond motifs is 1. The van der Waals surface area contributed by atoms with Gasteiger partial charge in [0, 0.05) is 11.8 Å². The van der Waals surface area contributed by atoms with Crippen molar-refractivity contribution in [2.45, 2.75) is 0 Å². The Morgan fingerprint density at radius 1 is 1.54 bits per heavy atom. The van der Waals surface area contributed by atoms with Crippen LogP contribution in [0.3, 0.4) is 0 Å². The summed E-state index contributed by atoms with van der Waals surface area (Å²) in [6, 6.07) is 3.48. The predicted molar refractivity (Wildman–Crippen MR) is 56.1 cm³/mol. The lowest BCUT2D eigenvalue weighted by atomic mass is 10.3. The topological polar surface area (TPSA) is 34.4 Å². The largest absolute Gasteiger partial charge is 0.281 e. The van der Waals surface area contributed by atoms with Crippen molar-refractivity contribution in [2.24, 2.45) is 0 Å². The highest BCUT2D eigenvalue weighted by atomic mass is 79.9. The van der Waals surface area contributed by atoms with Crippen molar-refractivity contribution in [3.63, 3.8) is 0 Å². The molecule has 0 amide bonds. The van der Waals surface area contributed by atoms with Gasteiger partial charge < -0.3 is 0 Å². The zero-order chi connectivity index (χ0) is 9.42. The number of carbonyl (C=O) groups excluding carboxylic acids is 1. The van der Waals surface area contributed by atoms with Crippen LogP contribution in [-0.4, -0.2) is 14.3 Å². The molecular weight excluding hydrogens is 300 g/mol. The van der Waals surface area contributed by atoms with Crippen molar-refractivity contribution < 1.29 is 4.79 Å². The number of pyridine rings is 1. The molecule has 2 rings (SSSR count). The van der Waals surface area contributed by atoms with E-state index in [1.165, 1.54) is 0 Å². The zero-order valence-electron chi connectivity index (χ0n) is 6.37. The van der Waals surface area contributed by atoms with Crippen molar-refractivity contribution in [3.05, 3.63) is 34.6 Å². The first-order valence-electron chi connectivity index (χ1n) is 3.51. The number of carbonyl (C=O) groups is 1. The van der Waals surface area contributed by atoms with Crippen LogP contribution in [0.25, 0.3) is 5.52 Å². The van der Waals surface area contributed by atoms with Gasteiger partial charge in [-0.25, -0.2) is 4.52 Å². The summed E-state index contributed by atoms with van der Waals surface area (Å²) in [6.45, 7) is 0. The second-order valence-corrected chi connectivity index (χ2v) is 4.09. The number of halogens is 2. The average molecular weight is 304 g/mol. The molecule has 5 heteroatoms. The average Bonchev–Trinajstić information content (AvgIpc) is 2.47. The molecule has 0 aliphatic heterocycles.